The molecular weight excluding hydrogens is 560 g/mol. The summed E-state index contributed by atoms with van der Waals surface area (Å²) in [6.45, 7) is 2.23. The molecule has 0 spiro atoms. The summed E-state index contributed by atoms with van der Waals surface area (Å²) in [7, 11) is 1.08. The summed E-state index contributed by atoms with van der Waals surface area (Å²) >= 11 is 0. The molecule has 0 aliphatic heterocycles. The molecule has 0 aromatic rings. The van der Waals surface area contributed by atoms with Crippen molar-refractivity contribution in [3.8, 4) is 0 Å². The Kier molecular flexibility index (Phi) is 13.5. The van der Waals surface area contributed by atoms with Gasteiger partial charge in [0.1, 0.15) is 0 Å². The van der Waals surface area contributed by atoms with Crippen molar-refractivity contribution in [2.24, 2.45) is 5.92 Å². The molecule has 0 atom stereocenters. The Morgan fingerprint density at radius 1 is 1.25 bits per heavy atom. The number of carboxylic acids is 1. The summed E-state index contributed by atoms with van der Waals surface area (Å²) in [5, 5.41) is 8.84. The SMILES string of the molecule is CCCC[Si]C1CCC(C(=O)O)CC1.[W].[W]. The molecule has 0 aromatic carbocycles. The van der Waals surface area contributed by atoms with E-state index in [-0.39, 0.29) is 48.0 Å². The van der Waals surface area contributed by atoms with Crippen LogP contribution in [0.4, 0.5) is 0 Å². The van der Waals surface area contributed by atoms with Crippen LogP contribution in [-0.2, 0) is 46.9 Å². The molecule has 1 fully saturated rings. The zero-order valence-electron chi connectivity index (χ0n) is 9.78. The minimum atomic E-state index is -0.583. The van der Waals surface area contributed by atoms with Crippen LogP contribution in [0.15, 0.2) is 0 Å². The Labute approximate surface area is 130 Å². The largest absolute Gasteiger partial charge is 0.481 e. The van der Waals surface area contributed by atoms with Gasteiger partial charge in [0.15, 0.2) is 0 Å². The van der Waals surface area contributed by atoms with Crippen LogP contribution in [0.2, 0.25) is 11.6 Å². The molecule has 0 saturated heterocycles. The smallest absolute Gasteiger partial charge is 0.306 e. The van der Waals surface area contributed by atoms with Crippen molar-refractivity contribution < 1.29 is 52.0 Å². The number of rotatable bonds is 5. The first-order valence-electron chi connectivity index (χ1n) is 5.70. The summed E-state index contributed by atoms with van der Waals surface area (Å²) in [6, 6.07) is 1.36. The van der Waals surface area contributed by atoms with E-state index in [4.69, 9.17) is 5.11 Å². The van der Waals surface area contributed by atoms with Gasteiger partial charge in [-0.1, -0.05) is 38.7 Å². The summed E-state index contributed by atoms with van der Waals surface area (Å²) in [4.78, 5) is 10.7. The summed E-state index contributed by atoms with van der Waals surface area (Å²) in [5.41, 5.74) is 0.845. The first-order valence-corrected chi connectivity index (χ1v) is 6.98. The second kappa shape index (κ2) is 11.2. The minimum absolute atomic E-state index is 0. The number of hydrogen-bond acceptors (Lipinski definition) is 1. The Morgan fingerprint density at radius 3 is 2.25 bits per heavy atom. The maximum absolute atomic E-state index is 10.7. The molecule has 1 rings (SSSR count). The quantitative estimate of drug-likeness (QED) is 0.402. The first kappa shape index (κ1) is 19.4. The number of carboxylic acid groups (broad SMARTS) is 1. The molecule has 92 valence electrons. The molecule has 0 amide bonds. The fraction of sp³-hybridized carbons (Fsp3) is 0.909. The van der Waals surface area contributed by atoms with Crippen molar-refractivity contribution in [2.45, 2.75) is 57.0 Å². The molecule has 0 aromatic heterocycles. The van der Waals surface area contributed by atoms with E-state index in [2.05, 4.69) is 6.92 Å². The standard InChI is InChI=1S/C11H20O2Si.2W/c1-2-3-8-14-10-6-4-9(5-7-10)11(12)13;;/h9-10H,2-8H2,1H3,(H,12,13);;. The Bertz CT molecular complexity index is 183. The second-order valence-electron chi connectivity index (χ2n) is 4.19. The van der Waals surface area contributed by atoms with Crippen LogP contribution in [0.25, 0.3) is 0 Å². The van der Waals surface area contributed by atoms with Gasteiger partial charge in [0.2, 0.25) is 0 Å². The molecule has 0 bridgehead atoms. The Balaban J connectivity index is 0. The molecule has 0 heterocycles. The molecular formula is C11H20O2SiW2. The van der Waals surface area contributed by atoms with Gasteiger partial charge in [0.25, 0.3) is 0 Å². The van der Waals surface area contributed by atoms with E-state index in [0.717, 1.165) is 40.7 Å². The van der Waals surface area contributed by atoms with Crippen LogP contribution < -0.4 is 0 Å². The van der Waals surface area contributed by atoms with E-state index in [0.29, 0.717) is 0 Å². The van der Waals surface area contributed by atoms with Gasteiger partial charge in [0, 0.05) is 51.7 Å². The van der Waals surface area contributed by atoms with Crippen LogP contribution in [0.3, 0.4) is 0 Å². The molecule has 1 N–H and O–H groups in total. The molecule has 1 aliphatic carbocycles. The van der Waals surface area contributed by atoms with Gasteiger partial charge in [-0.25, -0.2) is 0 Å². The van der Waals surface area contributed by atoms with Crippen molar-refractivity contribution in [3.63, 3.8) is 0 Å². The molecule has 16 heavy (non-hydrogen) atoms. The number of carbonyl (C=O) groups is 1. The molecule has 0 unspecified atom stereocenters. The zero-order chi connectivity index (χ0) is 10.4. The van der Waals surface area contributed by atoms with E-state index in [1.165, 1.54) is 18.9 Å². The number of aliphatic carboxylic acids is 1. The van der Waals surface area contributed by atoms with Gasteiger partial charge in [0.05, 0.1) is 5.92 Å². The van der Waals surface area contributed by atoms with E-state index in [1.807, 2.05) is 0 Å². The van der Waals surface area contributed by atoms with E-state index >= 15 is 0 Å². The third-order valence-electron chi connectivity index (χ3n) is 3.04. The van der Waals surface area contributed by atoms with Crippen molar-refractivity contribution in [1.29, 1.82) is 0 Å². The molecule has 5 heteroatoms. The van der Waals surface area contributed by atoms with Gasteiger partial charge in [-0.3, -0.25) is 4.79 Å². The summed E-state index contributed by atoms with van der Waals surface area (Å²) < 4.78 is 0. The Morgan fingerprint density at radius 2 is 1.81 bits per heavy atom. The molecule has 2 nitrogen and oxygen atoms in total. The fourth-order valence-corrected chi connectivity index (χ4v) is 3.73. The van der Waals surface area contributed by atoms with E-state index in [1.54, 1.807) is 0 Å². The fourth-order valence-electron chi connectivity index (χ4n) is 2.03. The number of unbranched alkanes of at least 4 members (excludes halogenated alkanes) is 1. The minimum Gasteiger partial charge on any atom is -0.481 e. The first-order chi connectivity index (χ1) is 6.74. The maximum atomic E-state index is 10.7. The van der Waals surface area contributed by atoms with Crippen LogP contribution in [0.1, 0.15) is 45.4 Å². The van der Waals surface area contributed by atoms with Crippen molar-refractivity contribution >= 4 is 15.5 Å². The summed E-state index contributed by atoms with van der Waals surface area (Å²) in [5.74, 6) is -0.623. The van der Waals surface area contributed by atoms with Gasteiger partial charge in [-0.2, -0.15) is 0 Å². The van der Waals surface area contributed by atoms with Gasteiger partial charge in [-0.05, 0) is 18.4 Å². The molecule has 1 aliphatic rings. The third kappa shape index (κ3) is 7.40. The molecule has 2 radical (unpaired) electrons. The van der Waals surface area contributed by atoms with E-state index in [9.17, 15) is 4.79 Å². The van der Waals surface area contributed by atoms with Crippen LogP contribution in [-0.4, -0.2) is 20.6 Å². The maximum Gasteiger partial charge on any atom is 0.306 e. The van der Waals surface area contributed by atoms with Crippen molar-refractivity contribution in [1.82, 2.24) is 0 Å². The molecule has 1 saturated carbocycles. The van der Waals surface area contributed by atoms with Gasteiger partial charge < -0.3 is 5.11 Å². The van der Waals surface area contributed by atoms with E-state index < -0.39 is 5.97 Å². The average Bonchev–Trinajstić information content (AvgIpc) is 2.19. The van der Waals surface area contributed by atoms with Crippen LogP contribution >= 0.6 is 0 Å². The predicted molar refractivity (Wildman–Crippen MR) is 58.8 cm³/mol. The normalized spacial score (nSPS) is 24.1. The van der Waals surface area contributed by atoms with Crippen molar-refractivity contribution in [2.75, 3.05) is 0 Å². The topological polar surface area (TPSA) is 37.3 Å². The monoisotopic (exact) mass is 580 g/mol. The zero-order valence-corrected chi connectivity index (χ0v) is 16.6. The average molecular weight is 580 g/mol. The summed E-state index contributed by atoms with van der Waals surface area (Å²) in [6.07, 6.45) is 6.77. The van der Waals surface area contributed by atoms with Crippen LogP contribution in [0, 0.1) is 5.92 Å². The Hall–Kier alpha value is 1.06. The van der Waals surface area contributed by atoms with Crippen molar-refractivity contribution in [3.05, 3.63) is 0 Å². The second-order valence-corrected chi connectivity index (χ2v) is 5.92. The van der Waals surface area contributed by atoms with Crippen LogP contribution in [0.5, 0.6) is 0 Å². The number of hydrogen-bond donors (Lipinski definition) is 1. The van der Waals surface area contributed by atoms with Gasteiger partial charge >= 0.3 is 5.97 Å². The third-order valence-corrected chi connectivity index (χ3v) is 4.84. The van der Waals surface area contributed by atoms with Gasteiger partial charge in [-0.15, -0.1) is 0 Å². The predicted octanol–water partition coefficient (Wildman–Crippen LogP) is 2.97.